The third kappa shape index (κ3) is 4.77. The van der Waals surface area contributed by atoms with Crippen molar-refractivity contribution in [3.63, 3.8) is 0 Å². The molecule has 2 aromatic rings. The van der Waals surface area contributed by atoms with E-state index >= 15 is 0 Å². The number of hydrogen-bond donors (Lipinski definition) is 0. The van der Waals surface area contributed by atoms with Crippen LogP contribution in [0, 0.1) is 5.21 Å². The molecule has 0 aromatic carbocycles. The number of hydrogen-bond acceptors (Lipinski definition) is 5. The minimum absolute atomic E-state index is 0.355. The van der Waals surface area contributed by atoms with E-state index < -0.39 is 11.2 Å². The van der Waals surface area contributed by atoms with Gasteiger partial charge in [0.05, 0.1) is 16.8 Å². The summed E-state index contributed by atoms with van der Waals surface area (Å²) in [4.78, 5) is 6.93. The molecule has 2 rings (SSSR count). The van der Waals surface area contributed by atoms with Crippen molar-refractivity contribution in [2.75, 3.05) is 23.5 Å². The van der Waals surface area contributed by atoms with Gasteiger partial charge in [-0.05, 0) is 13.0 Å². The van der Waals surface area contributed by atoms with Crippen molar-refractivity contribution in [3.05, 3.63) is 34.9 Å². The van der Waals surface area contributed by atoms with E-state index in [-0.39, 0.29) is 0 Å². The number of pyridine rings is 1. The van der Waals surface area contributed by atoms with Gasteiger partial charge >= 0.3 is 0 Å². The van der Waals surface area contributed by atoms with Crippen LogP contribution in [0.25, 0.3) is 10.6 Å². The molecule has 0 aliphatic carbocycles. The molecular weight excluding hydrogens is 374 g/mol. The lowest BCUT2D eigenvalue weighted by molar-refractivity contribution is -0.604. The summed E-state index contributed by atoms with van der Waals surface area (Å²) in [6, 6.07) is 3.47. The second kappa shape index (κ2) is 8.25. The highest BCUT2D eigenvalue weighted by atomic mass is 35.5. The Hall–Kier alpha value is -0.930. The van der Waals surface area contributed by atoms with Crippen LogP contribution < -0.4 is 9.63 Å². The Labute approximate surface area is 152 Å². The van der Waals surface area contributed by atoms with E-state index in [0.29, 0.717) is 39.4 Å². The minimum Gasteiger partial charge on any atom is -0.619 e. The Morgan fingerprint density at radius 2 is 2.30 bits per heavy atom. The van der Waals surface area contributed by atoms with Gasteiger partial charge in [-0.3, -0.25) is 0 Å². The van der Waals surface area contributed by atoms with Gasteiger partial charge in [0.1, 0.15) is 15.8 Å². The van der Waals surface area contributed by atoms with Crippen LogP contribution in [0.15, 0.2) is 24.5 Å². The summed E-state index contributed by atoms with van der Waals surface area (Å²) < 4.78 is 12.0. The van der Waals surface area contributed by atoms with Crippen LogP contribution in [-0.2, 0) is 11.2 Å². The normalized spacial score (nSPS) is 12.2. The minimum atomic E-state index is -0.890. The van der Waals surface area contributed by atoms with E-state index in [4.69, 9.17) is 23.8 Å². The predicted molar refractivity (Wildman–Crippen MR) is 101 cm³/mol. The van der Waals surface area contributed by atoms with Gasteiger partial charge in [-0.15, -0.1) is 0 Å². The van der Waals surface area contributed by atoms with Crippen molar-refractivity contribution < 1.29 is 9.28 Å². The summed E-state index contributed by atoms with van der Waals surface area (Å²) in [5, 5.41) is 13.2. The van der Waals surface area contributed by atoms with Crippen molar-refractivity contribution in [1.29, 1.82) is 0 Å². The van der Waals surface area contributed by atoms with Gasteiger partial charge in [-0.2, -0.15) is 4.73 Å². The lowest BCUT2D eigenvalue weighted by Crippen LogP contribution is -2.30. The molecule has 23 heavy (non-hydrogen) atoms. The van der Waals surface area contributed by atoms with Crippen LogP contribution in [0.2, 0.25) is 5.15 Å². The molecule has 2 aromatic heterocycles. The summed E-state index contributed by atoms with van der Waals surface area (Å²) in [5.74, 6) is 0.521. The van der Waals surface area contributed by atoms with E-state index in [2.05, 4.69) is 4.98 Å². The zero-order valence-electron chi connectivity index (χ0n) is 12.7. The molecule has 0 bridgehead atoms. The largest absolute Gasteiger partial charge is 0.619 e. The van der Waals surface area contributed by atoms with Crippen molar-refractivity contribution in [2.45, 2.75) is 13.3 Å². The average Bonchev–Trinajstić information content (AvgIpc) is 2.88. The fraction of sp³-hybridized carbons (Fsp3) is 0.357. The molecule has 0 amide bonds. The number of halogens is 1. The average molecular weight is 390 g/mol. The van der Waals surface area contributed by atoms with Gasteiger partial charge in [0.15, 0.2) is 17.5 Å². The predicted octanol–water partition coefficient (Wildman–Crippen LogP) is 3.02. The highest BCUT2D eigenvalue weighted by Gasteiger charge is 2.20. The second-order valence-electron chi connectivity index (χ2n) is 4.73. The van der Waals surface area contributed by atoms with Crippen LogP contribution >= 0.6 is 35.2 Å². The van der Waals surface area contributed by atoms with Crippen LogP contribution in [0.1, 0.15) is 13.3 Å². The molecule has 0 fully saturated rings. The Kier molecular flexibility index (Phi) is 6.60. The topological polar surface area (TPSA) is 66.1 Å². The highest BCUT2D eigenvalue weighted by molar-refractivity contribution is 7.90. The number of thiazole rings is 1. The number of aromatic nitrogens is 2. The van der Waals surface area contributed by atoms with Crippen molar-refractivity contribution in [2.24, 2.45) is 0 Å². The molecule has 0 radical (unpaired) electrons. The number of thiocarbonyl (C=S) groups is 1. The molecule has 0 saturated heterocycles. The molecule has 1 atom stereocenters. The molecule has 2 heterocycles. The molecule has 0 aliphatic rings. The zero-order chi connectivity index (χ0) is 17.0. The molecule has 0 spiro atoms. The molecular formula is C14H16ClN3O2S3. The van der Waals surface area contributed by atoms with E-state index in [9.17, 15) is 9.76 Å². The summed E-state index contributed by atoms with van der Waals surface area (Å²) in [5.41, 5.74) is 0.706. The second-order valence-corrected chi connectivity index (χ2v) is 8.09. The van der Waals surface area contributed by atoms with Gasteiger partial charge in [-0.25, -0.2) is 4.98 Å². The number of rotatable bonds is 6. The first-order valence-electron chi connectivity index (χ1n) is 6.88. The summed E-state index contributed by atoms with van der Waals surface area (Å²) in [6.07, 6.45) is 5.08. The maximum atomic E-state index is 11.4. The monoisotopic (exact) mass is 389 g/mol. The maximum Gasteiger partial charge on any atom is 0.190 e. The zero-order valence-corrected chi connectivity index (χ0v) is 15.9. The Morgan fingerprint density at radius 1 is 1.57 bits per heavy atom. The Balaban J connectivity index is 2.26. The van der Waals surface area contributed by atoms with E-state index in [1.807, 2.05) is 17.9 Å². The van der Waals surface area contributed by atoms with Gasteiger partial charge < -0.3 is 14.7 Å². The lowest BCUT2D eigenvalue weighted by atomic mass is 10.3. The molecule has 124 valence electrons. The van der Waals surface area contributed by atoms with Gasteiger partial charge in [0.2, 0.25) is 0 Å². The summed E-state index contributed by atoms with van der Waals surface area (Å²) in [7, 11) is 0. The first-order chi connectivity index (χ1) is 10.9. The van der Waals surface area contributed by atoms with Crippen molar-refractivity contribution in [3.8, 4) is 10.6 Å². The van der Waals surface area contributed by atoms with Crippen molar-refractivity contribution in [1.82, 2.24) is 4.98 Å². The summed E-state index contributed by atoms with van der Waals surface area (Å²) in [6.45, 7) is 2.62. The van der Waals surface area contributed by atoms with Crippen LogP contribution in [0.5, 0.6) is 0 Å². The fourth-order valence-electron chi connectivity index (χ4n) is 1.96. The quantitative estimate of drug-likeness (QED) is 0.329. The lowest BCUT2D eigenvalue weighted by Gasteiger charge is -2.21. The smallest absolute Gasteiger partial charge is 0.190 e. The van der Waals surface area contributed by atoms with Gasteiger partial charge in [0, 0.05) is 19.0 Å². The highest BCUT2D eigenvalue weighted by Crippen LogP contribution is 2.37. The molecule has 0 saturated carbocycles. The molecule has 5 nitrogen and oxygen atoms in total. The number of nitrogens with zero attached hydrogens (tertiary/aromatic N) is 3. The van der Waals surface area contributed by atoms with E-state index in [1.165, 1.54) is 23.7 Å². The fourth-order valence-corrected chi connectivity index (χ4v) is 4.34. The first kappa shape index (κ1) is 18.4. The van der Waals surface area contributed by atoms with Gasteiger partial charge in [-0.1, -0.05) is 46.3 Å². The third-order valence-electron chi connectivity index (χ3n) is 3.06. The van der Waals surface area contributed by atoms with Crippen LogP contribution in [0.3, 0.4) is 0 Å². The van der Waals surface area contributed by atoms with Gasteiger partial charge in [0.25, 0.3) is 0 Å². The Bertz CT molecular complexity index is 694. The molecule has 1 unspecified atom stereocenters. The van der Waals surface area contributed by atoms with Crippen LogP contribution in [0.4, 0.5) is 5.00 Å². The SMILES string of the molecule is CCN(C(=S)CC[S+](C)[O-])c1sc(-c2ccc[n+]([O-])c2)nc1Cl. The molecule has 0 N–H and O–H groups in total. The number of anilines is 1. The molecule has 9 heteroatoms. The van der Waals surface area contributed by atoms with E-state index in [0.717, 1.165) is 9.73 Å². The maximum absolute atomic E-state index is 11.4. The Morgan fingerprint density at radius 3 is 2.91 bits per heavy atom. The van der Waals surface area contributed by atoms with E-state index in [1.54, 1.807) is 12.3 Å². The molecule has 0 aliphatic heterocycles. The van der Waals surface area contributed by atoms with Crippen molar-refractivity contribution >= 4 is 56.3 Å². The third-order valence-corrected chi connectivity index (χ3v) is 5.76. The standard InChI is InChI=1S/C14H16ClN3O2S3/c1-3-18(11(21)6-8-23(2)20)14-12(15)16-13(22-14)10-5-4-7-17(19)9-10/h4-5,7,9H,3,6,8H2,1-2H3. The summed E-state index contributed by atoms with van der Waals surface area (Å²) >= 11 is 12.2. The first-order valence-corrected chi connectivity index (χ1v) is 10.2. The van der Waals surface area contributed by atoms with Crippen LogP contribution in [-0.4, -0.2) is 33.1 Å².